The zero-order chi connectivity index (χ0) is 9.71. The van der Waals surface area contributed by atoms with E-state index >= 15 is 0 Å². The Morgan fingerprint density at radius 3 is 2.57 bits per heavy atom. The van der Waals surface area contributed by atoms with Crippen LogP contribution in [-0.4, -0.2) is 9.55 Å². The zero-order valence-corrected chi connectivity index (χ0v) is 8.36. The van der Waals surface area contributed by atoms with E-state index in [4.69, 9.17) is 0 Å². The molecule has 2 aliphatic rings. The molecule has 1 aromatic heterocycles. The van der Waals surface area contributed by atoms with E-state index in [1.54, 1.807) is 6.07 Å². The maximum Gasteiger partial charge on any atom is 0.253 e. The van der Waals surface area contributed by atoms with Crippen molar-refractivity contribution >= 4 is 0 Å². The summed E-state index contributed by atoms with van der Waals surface area (Å²) in [5.41, 5.74) is 1.17. The van der Waals surface area contributed by atoms with E-state index < -0.39 is 0 Å². The molecule has 0 atom stereocenters. The first-order valence-corrected chi connectivity index (χ1v) is 5.36. The lowest BCUT2D eigenvalue weighted by Gasteiger charge is -2.08. The third-order valence-electron chi connectivity index (χ3n) is 3.06. The molecule has 0 aromatic carbocycles. The quantitative estimate of drug-likeness (QED) is 0.712. The van der Waals surface area contributed by atoms with Gasteiger partial charge in [0.05, 0.1) is 5.69 Å². The van der Waals surface area contributed by atoms with Crippen molar-refractivity contribution in [3.8, 4) is 0 Å². The molecule has 14 heavy (non-hydrogen) atoms. The summed E-state index contributed by atoms with van der Waals surface area (Å²) in [7, 11) is 0. The van der Waals surface area contributed by atoms with Gasteiger partial charge in [0.2, 0.25) is 0 Å². The highest BCUT2D eigenvalue weighted by Gasteiger charge is 2.29. The molecule has 3 rings (SSSR count). The van der Waals surface area contributed by atoms with Crippen molar-refractivity contribution < 1.29 is 0 Å². The van der Waals surface area contributed by atoms with Crippen LogP contribution in [0.15, 0.2) is 10.9 Å². The van der Waals surface area contributed by atoms with Crippen LogP contribution in [0.25, 0.3) is 0 Å². The van der Waals surface area contributed by atoms with Crippen LogP contribution in [-0.2, 0) is 0 Å². The fourth-order valence-electron chi connectivity index (χ4n) is 1.99. The molecule has 0 saturated heterocycles. The van der Waals surface area contributed by atoms with Crippen LogP contribution in [0.5, 0.6) is 0 Å². The Morgan fingerprint density at radius 2 is 2.07 bits per heavy atom. The molecule has 1 heterocycles. The van der Waals surface area contributed by atoms with Gasteiger partial charge in [-0.25, -0.2) is 4.98 Å². The maximum absolute atomic E-state index is 11.8. The lowest BCUT2D eigenvalue weighted by atomic mass is 10.3. The first kappa shape index (κ1) is 8.21. The predicted octanol–water partition coefficient (Wildman–Crippen LogP) is 1.76. The van der Waals surface area contributed by atoms with Crippen molar-refractivity contribution in [1.82, 2.24) is 9.55 Å². The van der Waals surface area contributed by atoms with Gasteiger partial charge in [0, 0.05) is 18.0 Å². The predicted molar refractivity (Wildman–Crippen MR) is 53.5 cm³/mol. The lowest BCUT2D eigenvalue weighted by Crippen LogP contribution is -2.22. The van der Waals surface area contributed by atoms with Gasteiger partial charge in [-0.15, -0.1) is 0 Å². The molecule has 0 unspecified atom stereocenters. The Bertz CT molecular complexity index is 427. The van der Waals surface area contributed by atoms with E-state index in [9.17, 15) is 4.79 Å². The summed E-state index contributed by atoms with van der Waals surface area (Å²) >= 11 is 0. The minimum absolute atomic E-state index is 0.155. The van der Waals surface area contributed by atoms with Crippen LogP contribution in [0.2, 0.25) is 0 Å². The van der Waals surface area contributed by atoms with E-state index in [0.717, 1.165) is 24.4 Å². The van der Waals surface area contributed by atoms with Crippen LogP contribution in [0.4, 0.5) is 0 Å². The summed E-state index contributed by atoms with van der Waals surface area (Å²) in [6.45, 7) is 1.95. The van der Waals surface area contributed by atoms with Gasteiger partial charge in [-0.05, 0) is 32.6 Å². The van der Waals surface area contributed by atoms with Crippen molar-refractivity contribution in [3.63, 3.8) is 0 Å². The Hall–Kier alpha value is -1.12. The van der Waals surface area contributed by atoms with E-state index in [2.05, 4.69) is 4.98 Å². The van der Waals surface area contributed by atoms with E-state index in [0.29, 0.717) is 12.0 Å². The molecule has 0 N–H and O–H groups in total. The van der Waals surface area contributed by atoms with Gasteiger partial charge < -0.3 is 0 Å². The summed E-state index contributed by atoms with van der Waals surface area (Å²) in [5, 5.41) is 0. The monoisotopic (exact) mass is 190 g/mol. The summed E-state index contributed by atoms with van der Waals surface area (Å²) in [4.78, 5) is 16.3. The highest BCUT2D eigenvalue weighted by Crippen LogP contribution is 2.39. The van der Waals surface area contributed by atoms with E-state index in [1.807, 2.05) is 11.5 Å². The molecule has 2 aliphatic carbocycles. The molecule has 0 amide bonds. The summed E-state index contributed by atoms with van der Waals surface area (Å²) in [6.07, 6.45) is 4.70. The molecule has 0 spiro atoms. The van der Waals surface area contributed by atoms with Crippen LogP contribution in [0, 0.1) is 6.92 Å². The normalized spacial score (nSPS) is 21.2. The highest BCUT2D eigenvalue weighted by molar-refractivity contribution is 5.15. The fourth-order valence-corrected chi connectivity index (χ4v) is 1.99. The SMILES string of the molecule is Cc1nc(C2CC2)cc(=O)n1C1CC1. The first-order chi connectivity index (χ1) is 6.75. The number of hydrogen-bond donors (Lipinski definition) is 0. The molecule has 0 aliphatic heterocycles. The molecule has 3 nitrogen and oxygen atoms in total. The minimum Gasteiger partial charge on any atom is -0.294 e. The van der Waals surface area contributed by atoms with Crippen molar-refractivity contribution in [1.29, 1.82) is 0 Å². The first-order valence-electron chi connectivity index (χ1n) is 5.36. The van der Waals surface area contributed by atoms with Gasteiger partial charge in [0.15, 0.2) is 0 Å². The molecule has 0 radical (unpaired) electrons. The van der Waals surface area contributed by atoms with Gasteiger partial charge in [0.25, 0.3) is 5.56 Å². The number of hydrogen-bond acceptors (Lipinski definition) is 2. The molecular weight excluding hydrogens is 176 g/mol. The fraction of sp³-hybridized carbons (Fsp3) is 0.636. The zero-order valence-electron chi connectivity index (χ0n) is 8.36. The Kier molecular flexibility index (Phi) is 1.58. The average molecular weight is 190 g/mol. The van der Waals surface area contributed by atoms with Gasteiger partial charge in [-0.2, -0.15) is 0 Å². The van der Waals surface area contributed by atoms with Crippen molar-refractivity contribution in [2.75, 3.05) is 0 Å². The summed E-state index contributed by atoms with van der Waals surface area (Å²) in [6, 6.07) is 2.19. The molecule has 3 heteroatoms. The second kappa shape index (κ2) is 2.69. The lowest BCUT2D eigenvalue weighted by molar-refractivity contribution is 0.648. The largest absolute Gasteiger partial charge is 0.294 e. The second-order valence-corrected chi connectivity index (χ2v) is 4.44. The summed E-state index contributed by atoms with van der Waals surface area (Å²) in [5.74, 6) is 1.48. The van der Waals surface area contributed by atoms with E-state index in [-0.39, 0.29) is 5.56 Å². The second-order valence-electron chi connectivity index (χ2n) is 4.44. The van der Waals surface area contributed by atoms with Gasteiger partial charge in [-0.3, -0.25) is 9.36 Å². The summed E-state index contributed by atoms with van der Waals surface area (Å²) < 4.78 is 1.85. The molecule has 0 bridgehead atoms. The van der Waals surface area contributed by atoms with Crippen molar-refractivity contribution in [3.05, 3.63) is 27.9 Å². The van der Waals surface area contributed by atoms with E-state index in [1.165, 1.54) is 12.8 Å². The number of aryl methyl sites for hydroxylation is 1. The molecule has 2 saturated carbocycles. The number of nitrogens with zero attached hydrogens (tertiary/aromatic N) is 2. The standard InChI is InChI=1S/C11H14N2O/c1-7-12-10(8-2-3-8)6-11(14)13(7)9-4-5-9/h6,8-9H,2-5H2,1H3. The third kappa shape index (κ3) is 1.27. The molecular formula is C11H14N2O. The average Bonchev–Trinajstić information content (AvgIpc) is 2.99. The Balaban J connectivity index is 2.09. The smallest absolute Gasteiger partial charge is 0.253 e. The molecule has 1 aromatic rings. The topological polar surface area (TPSA) is 34.9 Å². The van der Waals surface area contributed by atoms with Crippen LogP contribution >= 0.6 is 0 Å². The van der Waals surface area contributed by atoms with Gasteiger partial charge in [-0.1, -0.05) is 0 Å². The Labute approximate surface area is 82.8 Å². The Morgan fingerprint density at radius 1 is 1.36 bits per heavy atom. The van der Waals surface area contributed by atoms with Crippen LogP contribution < -0.4 is 5.56 Å². The number of rotatable bonds is 2. The molecule has 2 fully saturated rings. The van der Waals surface area contributed by atoms with Crippen molar-refractivity contribution in [2.24, 2.45) is 0 Å². The van der Waals surface area contributed by atoms with Crippen LogP contribution in [0.3, 0.4) is 0 Å². The third-order valence-corrected chi connectivity index (χ3v) is 3.06. The van der Waals surface area contributed by atoms with Gasteiger partial charge >= 0.3 is 0 Å². The number of aromatic nitrogens is 2. The van der Waals surface area contributed by atoms with Crippen LogP contribution in [0.1, 0.15) is 49.2 Å². The minimum atomic E-state index is 0.155. The maximum atomic E-state index is 11.8. The van der Waals surface area contributed by atoms with Crippen molar-refractivity contribution in [2.45, 2.75) is 44.6 Å². The molecule has 74 valence electrons. The highest BCUT2D eigenvalue weighted by atomic mass is 16.1. The van der Waals surface area contributed by atoms with Gasteiger partial charge in [0.1, 0.15) is 5.82 Å².